The van der Waals surface area contributed by atoms with Gasteiger partial charge in [-0.05, 0) is 38.0 Å². The van der Waals surface area contributed by atoms with Gasteiger partial charge >= 0.3 is 5.97 Å². The number of amides is 1. The molecule has 1 aliphatic heterocycles. The van der Waals surface area contributed by atoms with E-state index in [9.17, 15) is 18.0 Å². The quantitative estimate of drug-likeness (QED) is 0.609. The molecule has 1 amide bonds. The molecular formula is C22H33N3O6S. The number of sulfonamides is 1. The van der Waals surface area contributed by atoms with Crippen LogP contribution in [-0.2, 0) is 24.3 Å². The first-order valence-corrected chi connectivity index (χ1v) is 12.5. The van der Waals surface area contributed by atoms with Gasteiger partial charge in [-0.2, -0.15) is 0 Å². The first-order valence-electron chi connectivity index (χ1n) is 11.1. The predicted octanol–water partition coefficient (Wildman–Crippen LogP) is 1.77. The summed E-state index contributed by atoms with van der Waals surface area (Å²) in [7, 11) is -0.878. The molecule has 32 heavy (non-hydrogen) atoms. The fourth-order valence-electron chi connectivity index (χ4n) is 3.97. The Hall–Kier alpha value is -2.17. The molecule has 1 aromatic carbocycles. The summed E-state index contributed by atoms with van der Waals surface area (Å²) >= 11 is 0. The Morgan fingerprint density at radius 1 is 1.16 bits per heavy atom. The number of morpholine rings is 1. The van der Waals surface area contributed by atoms with E-state index in [1.54, 1.807) is 6.07 Å². The van der Waals surface area contributed by atoms with Gasteiger partial charge in [0.1, 0.15) is 0 Å². The van der Waals surface area contributed by atoms with Crippen LogP contribution in [0.3, 0.4) is 0 Å². The van der Waals surface area contributed by atoms with Crippen molar-refractivity contribution in [1.82, 2.24) is 9.62 Å². The van der Waals surface area contributed by atoms with Gasteiger partial charge in [-0.1, -0.05) is 19.3 Å². The normalized spacial score (nSPS) is 18.9. The number of nitrogens with zero attached hydrogens (tertiary/aromatic N) is 2. The molecule has 9 nitrogen and oxygen atoms in total. The van der Waals surface area contributed by atoms with Gasteiger partial charge in [0, 0.05) is 33.2 Å². The number of nitrogens with one attached hydrogen (secondary N) is 1. The first kappa shape index (κ1) is 24.5. The van der Waals surface area contributed by atoms with Crippen molar-refractivity contribution in [3.63, 3.8) is 0 Å². The van der Waals surface area contributed by atoms with Crippen LogP contribution in [-0.4, -0.2) is 77.1 Å². The molecule has 0 radical (unpaired) electrons. The predicted molar refractivity (Wildman–Crippen MR) is 120 cm³/mol. The summed E-state index contributed by atoms with van der Waals surface area (Å²) in [6.07, 6.45) is 4.20. The molecule has 1 aliphatic carbocycles. The monoisotopic (exact) mass is 467 g/mol. The minimum absolute atomic E-state index is 0.00855. The molecule has 178 valence electrons. The summed E-state index contributed by atoms with van der Waals surface area (Å²) in [4.78, 5) is 27.6. The first-order chi connectivity index (χ1) is 15.2. The highest BCUT2D eigenvalue weighted by Gasteiger charge is 2.28. The van der Waals surface area contributed by atoms with E-state index in [2.05, 4.69) is 5.32 Å². The molecule has 1 saturated carbocycles. The maximum Gasteiger partial charge on any atom is 0.341 e. The van der Waals surface area contributed by atoms with Gasteiger partial charge < -0.3 is 19.7 Å². The fraction of sp³-hybridized carbons (Fsp3) is 0.636. The topological polar surface area (TPSA) is 105 Å². The van der Waals surface area contributed by atoms with Gasteiger partial charge in [0.25, 0.3) is 5.91 Å². The standard InChI is InChI=1S/C22H33N3O6S/c1-16(21(26)23-17-7-5-4-6-8-17)31-22(27)19-15-18(32(28,29)24(2)3)9-10-20(19)25-11-13-30-14-12-25/h9-10,15-17H,4-8,11-14H2,1-3H3,(H,23,26). The molecule has 1 atom stereocenters. The van der Waals surface area contributed by atoms with E-state index >= 15 is 0 Å². The van der Waals surface area contributed by atoms with E-state index in [-0.39, 0.29) is 22.4 Å². The zero-order valence-corrected chi connectivity index (χ0v) is 19.8. The second kappa shape index (κ2) is 10.6. The van der Waals surface area contributed by atoms with E-state index in [0.717, 1.165) is 30.0 Å². The number of carbonyl (C=O) groups excluding carboxylic acids is 2. The molecule has 1 N–H and O–H groups in total. The van der Waals surface area contributed by atoms with Gasteiger partial charge in [-0.3, -0.25) is 4.79 Å². The number of hydrogen-bond donors (Lipinski definition) is 1. The lowest BCUT2D eigenvalue weighted by molar-refractivity contribution is -0.130. The Morgan fingerprint density at radius 2 is 1.81 bits per heavy atom. The SMILES string of the molecule is CC(OC(=O)c1cc(S(=O)(=O)N(C)C)ccc1N1CCOCC1)C(=O)NC1CCCCC1. The van der Waals surface area contributed by atoms with Gasteiger partial charge in [-0.15, -0.1) is 0 Å². The van der Waals surface area contributed by atoms with Crippen molar-refractivity contribution in [3.8, 4) is 0 Å². The van der Waals surface area contributed by atoms with Crippen LogP contribution in [0.15, 0.2) is 23.1 Å². The lowest BCUT2D eigenvalue weighted by Gasteiger charge is -2.30. The van der Waals surface area contributed by atoms with E-state index in [1.165, 1.54) is 39.6 Å². The molecule has 1 heterocycles. The molecule has 0 spiro atoms. The summed E-state index contributed by atoms with van der Waals surface area (Å²) in [5.74, 6) is -1.07. The maximum atomic E-state index is 13.1. The van der Waals surface area contributed by atoms with Crippen molar-refractivity contribution in [2.45, 2.75) is 56.1 Å². The van der Waals surface area contributed by atoms with Crippen LogP contribution in [0, 0.1) is 0 Å². The van der Waals surface area contributed by atoms with Crippen molar-refractivity contribution in [3.05, 3.63) is 23.8 Å². The van der Waals surface area contributed by atoms with Gasteiger partial charge in [-0.25, -0.2) is 17.5 Å². The summed E-state index contributed by atoms with van der Waals surface area (Å²) in [5, 5.41) is 2.96. The highest BCUT2D eigenvalue weighted by Crippen LogP contribution is 2.27. The average Bonchev–Trinajstić information content (AvgIpc) is 2.79. The summed E-state index contributed by atoms with van der Waals surface area (Å²) in [6, 6.07) is 4.53. The molecule has 1 unspecified atom stereocenters. The highest BCUT2D eigenvalue weighted by molar-refractivity contribution is 7.89. The Kier molecular flexibility index (Phi) is 8.13. The van der Waals surface area contributed by atoms with Crippen LogP contribution >= 0.6 is 0 Å². The third kappa shape index (κ3) is 5.79. The van der Waals surface area contributed by atoms with Crippen LogP contribution in [0.1, 0.15) is 49.4 Å². The second-order valence-corrected chi connectivity index (χ2v) is 10.6. The Bertz CT molecular complexity index is 922. The number of hydrogen-bond acceptors (Lipinski definition) is 7. The number of carbonyl (C=O) groups is 2. The second-order valence-electron chi connectivity index (χ2n) is 8.46. The summed E-state index contributed by atoms with van der Waals surface area (Å²) < 4.78 is 37.2. The average molecular weight is 468 g/mol. The molecule has 2 fully saturated rings. The number of anilines is 1. The van der Waals surface area contributed by atoms with E-state index in [1.807, 2.05) is 4.90 Å². The summed E-state index contributed by atoms with van der Waals surface area (Å²) in [6.45, 7) is 3.68. The molecule has 10 heteroatoms. The van der Waals surface area contributed by atoms with Crippen molar-refractivity contribution in [1.29, 1.82) is 0 Å². The van der Waals surface area contributed by atoms with Gasteiger partial charge in [0.05, 0.1) is 29.4 Å². The zero-order valence-electron chi connectivity index (χ0n) is 19.0. The van der Waals surface area contributed by atoms with Crippen LogP contribution in [0.5, 0.6) is 0 Å². The van der Waals surface area contributed by atoms with Crippen molar-refractivity contribution >= 4 is 27.6 Å². The smallest absolute Gasteiger partial charge is 0.341 e. The molecule has 1 saturated heterocycles. The van der Waals surface area contributed by atoms with E-state index < -0.39 is 22.1 Å². The Morgan fingerprint density at radius 3 is 2.44 bits per heavy atom. The maximum absolute atomic E-state index is 13.1. The summed E-state index contributed by atoms with van der Waals surface area (Å²) in [5.41, 5.74) is 0.683. The number of ether oxygens (including phenoxy) is 2. The molecule has 0 aromatic heterocycles. The van der Waals surface area contributed by atoms with Crippen LogP contribution in [0.4, 0.5) is 5.69 Å². The molecular weight excluding hydrogens is 434 g/mol. The highest BCUT2D eigenvalue weighted by atomic mass is 32.2. The van der Waals surface area contributed by atoms with Crippen molar-refractivity contribution in [2.24, 2.45) is 0 Å². The lowest BCUT2D eigenvalue weighted by Crippen LogP contribution is -2.43. The van der Waals surface area contributed by atoms with Crippen molar-refractivity contribution in [2.75, 3.05) is 45.3 Å². The molecule has 2 aliphatic rings. The fourth-order valence-corrected chi connectivity index (χ4v) is 4.90. The minimum atomic E-state index is -3.74. The lowest BCUT2D eigenvalue weighted by atomic mass is 9.95. The molecule has 3 rings (SSSR count). The third-order valence-electron chi connectivity index (χ3n) is 5.92. The van der Waals surface area contributed by atoms with Crippen LogP contribution in [0.25, 0.3) is 0 Å². The van der Waals surface area contributed by atoms with Gasteiger partial charge in [0.15, 0.2) is 6.10 Å². The van der Waals surface area contributed by atoms with Crippen LogP contribution in [0.2, 0.25) is 0 Å². The number of benzene rings is 1. The zero-order chi connectivity index (χ0) is 23.3. The van der Waals surface area contributed by atoms with Crippen molar-refractivity contribution < 1.29 is 27.5 Å². The molecule has 1 aromatic rings. The number of esters is 1. The Balaban J connectivity index is 1.82. The minimum Gasteiger partial charge on any atom is -0.449 e. The largest absolute Gasteiger partial charge is 0.449 e. The number of rotatable bonds is 7. The van der Waals surface area contributed by atoms with E-state index in [4.69, 9.17) is 9.47 Å². The van der Waals surface area contributed by atoms with Crippen LogP contribution < -0.4 is 10.2 Å². The van der Waals surface area contributed by atoms with E-state index in [0.29, 0.717) is 32.0 Å². The molecule has 0 bridgehead atoms. The Labute approximate surface area is 190 Å². The van der Waals surface area contributed by atoms with Gasteiger partial charge in [0.2, 0.25) is 10.0 Å². The third-order valence-corrected chi connectivity index (χ3v) is 7.73.